The maximum atomic E-state index is 12.0. The van der Waals surface area contributed by atoms with E-state index in [0.717, 1.165) is 25.9 Å². The smallest absolute Gasteiger partial charge is 0.247 e. The molecule has 1 unspecified atom stereocenters. The normalized spacial score (nSPS) is 17.8. The molecule has 16 heavy (non-hydrogen) atoms. The molecule has 1 fully saturated rings. The Balaban J connectivity index is 2.05. The van der Waals surface area contributed by atoms with Gasteiger partial charge in [-0.2, -0.15) is 0 Å². The fraction of sp³-hybridized carbons (Fsp3) is 0.700. The lowest BCUT2D eigenvalue weighted by atomic mass is 10.3. The maximum Gasteiger partial charge on any atom is 0.247 e. The highest BCUT2D eigenvalue weighted by Gasteiger charge is 2.24. The van der Waals surface area contributed by atoms with E-state index in [-0.39, 0.29) is 11.9 Å². The Hall–Kier alpha value is -1.43. The molecule has 2 rings (SSSR count). The number of hydrogen-bond donors (Lipinski definition) is 1. The minimum atomic E-state index is -0.286. The van der Waals surface area contributed by atoms with Gasteiger partial charge in [0.15, 0.2) is 0 Å². The van der Waals surface area contributed by atoms with Crippen molar-refractivity contribution in [1.82, 2.24) is 19.9 Å². The Labute approximate surface area is 94.4 Å². The first-order chi connectivity index (χ1) is 7.72. The summed E-state index contributed by atoms with van der Waals surface area (Å²) in [5.41, 5.74) is 6.16. The van der Waals surface area contributed by atoms with Crippen molar-refractivity contribution in [2.45, 2.75) is 32.4 Å². The molecule has 1 aliphatic rings. The number of hydrogen-bond acceptors (Lipinski definition) is 4. The van der Waals surface area contributed by atoms with Crippen LogP contribution in [0.1, 0.15) is 31.5 Å². The fourth-order valence-corrected chi connectivity index (χ4v) is 1.91. The second kappa shape index (κ2) is 4.61. The van der Waals surface area contributed by atoms with Crippen molar-refractivity contribution in [3.63, 3.8) is 0 Å². The molecule has 0 radical (unpaired) electrons. The summed E-state index contributed by atoms with van der Waals surface area (Å²) in [7, 11) is 0. The molecule has 2 heterocycles. The van der Waals surface area contributed by atoms with Crippen molar-refractivity contribution >= 4 is 5.91 Å². The van der Waals surface area contributed by atoms with E-state index in [1.165, 1.54) is 0 Å². The Morgan fingerprint density at radius 2 is 2.25 bits per heavy atom. The minimum Gasteiger partial charge on any atom is -0.341 e. The van der Waals surface area contributed by atoms with E-state index in [2.05, 4.69) is 10.3 Å². The third kappa shape index (κ3) is 2.06. The molecular formula is C10H17N5O. The van der Waals surface area contributed by atoms with Crippen LogP contribution in [-0.2, 0) is 11.3 Å². The molecule has 88 valence electrons. The number of amides is 1. The minimum absolute atomic E-state index is 0.117. The molecule has 6 nitrogen and oxygen atoms in total. The van der Waals surface area contributed by atoms with Crippen LogP contribution in [0, 0.1) is 0 Å². The van der Waals surface area contributed by atoms with E-state index in [9.17, 15) is 4.79 Å². The molecule has 1 amide bonds. The monoisotopic (exact) mass is 223 g/mol. The highest BCUT2D eigenvalue weighted by Crippen LogP contribution is 2.14. The highest BCUT2D eigenvalue weighted by molar-refractivity contribution is 5.80. The van der Waals surface area contributed by atoms with Crippen molar-refractivity contribution < 1.29 is 4.79 Å². The molecule has 2 N–H and O–H groups in total. The summed E-state index contributed by atoms with van der Waals surface area (Å²) in [6, 6.07) is -0.286. The van der Waals surface area contributed by atoms with E-state index >= 15 is 0 Å². The van der Waals surface area contributed by atoms with Gasteiger partial charge >= 0.3 is 0 Å². The first-order valence-corrected chi connectivity index (χ1v) is 5.62. The lowest BCUT2D eigenvalue weighted by Crippen LogP contribution is -2.34. The van der Waals surface area contributed by atoms with Crippen molar-refractivity contribution in [3.05, 3.63) is 11.9 Å². The second-order valence-electron chi connectivity index (χ2n) is 4.10. The summed E-state index contributed by atoms with van der Waals surface area (Å²) in [5, 5.41) is 7.80. The summed E-state index contributed by atoms with van der Waals surface area (Å²) in [6.45, 7) is 3.92. The van der Waals surface area contributed by atoms with Gasteiger partial charge in [-0.3, -0.25) is 4.79 Å². The van der Waals surface area contributed by atoms with Crippen LogP contribution in [0.4, 0.5) is 0 Å². The zero-order chi connectivity index (χ0) is 11.5. The summed E-state index contributed by atoms with van der Waals surface area (Å²) < 4.78 is 1.59. The number of likely N-dealkylation sites (tertiary alicyclic amines) is 1. The van der Waals surface area contributed by atoms with Gasteiger partial charge in [0.25, 0.3) is 0 Å². The lowest BCUT2D eigenvalue weighted by molar-refractivity contribution is -0.133. The number of aromatic nitrogens is 3. The van der Waals surface area contributed by atoms with Gasteiger partial charge in [-0.15, -0.1) is 5.10 Å². The summed E-state index contributed by atoms with van der Waals surface area (Å²) >= 11 is 0. The van der Waals surface area contributed by atoms with Gasteiger partial charge in [0.05, 0.1) is 11.9 Å². The number of carbonyl (C=O) groups excluding carboxylic acids is 1. The Bertz CT molecular complexity index is 369. The van der Waals surface area contributed by atoms with Crippen LogP contribution in [0.25, 0.3) is 0 Å². The average molecular weight is 223 g/mol. The van der Waals surface area contributed by atoms with Crippen LogP contribution in [0.2, 0.25) is 0 Å². The molecule has 1 atom stereocenters. The molecule has 1 aromatic heterocycles. The zero-order valence-electron chi connectivity index (χ0n) is 9.46. The molecule has 0 aliphatic carbocycles. The first-order valence-electron chi connectivity index (χ1n) is 5.62. The lowest BCUT2D eigenvalue weighted by Gasteiger charge is -2.19. The first kappa shape index (κ1) is 11.1. The van der Waals surface area contributed by atoms with Gasteiger partial charge in [-0.1, -0.05) is 5.21 Å². The molecule has 1 saturated heterocycles. The van der Waals surface area contributed by atoms with Gasteiger partial charge in [-0.05, 0) is 19.8 Å². The van der Waals surface area contributed by atoms with Crippen molar-refractivity contribution in [3.8, 4) is 0 Å². The topological polar surface area (TPSA) is 77.0 Å². The third-order valence-electron chi connectivity index (χ3n) is 2.94. The molecule has 0 aromatic carbocycles. The zero-order valence-corrected chi connectivity index (χ0v) is 9.46. The van der Waals surface area contributed by atoms with Crippen LogP contribution in [0.5, 0.6) is 0 Å². The average Bonchev–Trinajstić information content (AvgIpc) is 2.97. The van der Waals surface area contributed by atoms with Gasteiger partial charge in [0.2, 0.25) is 5.91 Å². The van der Waals surface area contributed by atoms with Gasteiger partial charge in [0, 0.05) is 19.6 Å². The van der Waals surface area contributed by atoms with E-state index in [4.69, 9.17) is 5.73 Å². The molecule has 0 spiro atoms. The summed E-state index contributed by atoms with van der Waals surface area (Å²) in [6.07, 6.45) is 3.94. The van der Waals surface area contributed by atoms with Crippen LogP contribution in [-0.4, -0.2) is 38.9 Å². The van der Waals surface area contributed by atoms with Gasteiger partial charge in [-0.25, -0.2) is 4.68 Å². The predicted molar refractivity (Wildman–Crippen MR) is 58.4 cm³/mol. The molecular weight excluding hydrogens is 206 g/mol. The number of carbonyl (C=O) groups is 1. The molecule has 0 saturated carbocycles. The summed E-state index contributed by atoms with van der Waals surface area (Å²) in [4.78, 5) is 13.9. The molecule has 1 aromatic rings. The third-order valence-corrected chi connectivity index (χ3v) is 2.94. The van der Waals surface area contributed by atoms with E-state index in [0.29, 0.717) is 12.2 Å². The van der Waals surface area contributed by atoms with Crippen LogP contribution < -0.4 is 5.73 Å². The van der Waals surface area contributed by atoms with Gasteiger partial charge < -0.3 is 10.6 Å². The van der Waals surface area contributed by atoms with Crippen molar-refractivity contribution in [2.75, 3.05) is 13.1 Å². The van der Waals surface area contributed by atoms with E-state index < -0.39 is 0 Å². The predicted octanol–water partition coefficient (Wildman–Crippen LogP) is -0.0798. The molecule has 6 heteroatoms. The van der Waals surface area contributed by atoms with Crippen molar-refractivity contribution in [1.29, 1.82) is 0 Å². The number of nitrogens with zero attached hydrogens (tertiary/aromatic N) is 4. The Morgan fingerprint density at radius 1 is 1.56 bits per heavy atom. The van der Waals surface area contributed by atoms with Crippen molar-refractivity contribution in [2.24, 2.45) is 5.73 Å². The highest BCUT2D eigenvalue weighted by atomic mass is 16.2. The summed E-state index contributed by atoms with van der Waals surface area (Å²) in [5.74, 6) is 0.117. The largest absolute Gasteiger partial charge is 0.341 e. The van der Waals surface area contributed by atoms with Gasteiger partial charge in [0.1, 0.15) is 6.04 Å². The van der Waals surface area contributed by atoms with E-state index in [1.54, 1.807) is 10.9 Å². The SMILES string of the molecule is CC(C(=O)N1CCCC1)n1cc(CN)nn1. The number of nitrogens with two attached hydrogens (primary N) is 1. The van der Waals surface area contributed by atoms with Crippen LogP contribution in [0.15, 0.2) is 6.20 Å². The molecule has 1 aliphatic heterocycles. The maximum absolute atomic E-state index is 12.0. The number of rotatable bonds is 3. The van der Waals surface area contributed by atoms with E-state index in [1.807, 2.05) is 11.8 Å². The standard InChI is InChI=1S/C10H17N5O/c1-8(10(16)14-4-2-3-5-14)15-7-9(6-11)12-13-15/h7-8H,2-6,11H2,1H3. The second-order valence-corrected chi connectivity index (χ2v) is 4.10. The fourth-order valence-electron chi connectivity index (χ4n) is 1.91. The Kier molecular flexibility index (Phi) is 3.19. The van der Waals surface area contributed by atoms with Crippen LogP contribution >= 0.6 is 0 Å². The van der Waals surface area contributed by atoms with Crippen LogP contribution in [0.3, 0.4) is 0 Å². The molecule has 0 bridgehead atoms. The quantitative estimate of drug-likeness (QED) is 0.777. The Morgan fingerprint density at radius 3 is 2.81 bits per heavy atom.